The summed E-state index contributed by atoms with van der Waals surface area (Å²) in [6, 6.07) is 3.91. The number of hydrogen-bond acceptors (Lipinski definition) is 9. The maximum atomic E-state index is 13.2. The first-order chi connectivity index (χ1) is 16.8. The van der Waals surface area contributed by atoms with Gasteiger partial charge in [0.2, 0.25) is 17.8 Å². The number of hydrogen-bond donors (Lipinski definition) is 3. The molecule has 3 heterocycles. The molecule has 2 aliphatic rings. The molecule has 0 radical (unpaired) electrons. The lowest BCUT2D eigenvalue weighted by Crippen LogP contribution is -2.38. The highest BCUT2D eigenvalue weighted by molar-refractivity contribution is 6.05. The average Bonchev–Trinajstić information content (AvgIpc) is 2.87. The van der Waals surface area contributed by atoms with E-state index in [1.54, 1.807) is 0 Å². The molecule has 12 nitrogen and oxygen atoms in total. The van der Waals surface area contributed by atoms with Gasteiger partial charge in [0.15, 0.2) is 0 Å². The molecule has 2 amide bonds. The van der Waals surface area contributed by atoms with E-state index < -0.39 is 35.2 Å². The Morgan fingerprint density at radius 1 is 1.00 bits per heavy atom. The molecule has 4 rings (SSSR count). The third kappa shape index (κ3) is 5.00. The molecule has 0 aliphatic carbocycles. The van der Waals surface area contributed by atoms with Gasteiger partial charge in [0, 0.05) is 25.2 Å². The third-order valence-corrected chi connectivity index (χ3v) is 5.95. The van der Waals surface area contributed by atoms with Crippen LogP contribution in [-0.2, 0) is 19.1 Å². The van der Waals surface area contributed by atoms with Gasteiger partial charge >= 0.3 is 11.9 Å². The van der Waals surface area contributed by atoms with E-state index in [1.807, 2.05) is 4.90 Å². The van der Waals surface area contributed by atoms with Crippen molar-refractivity contribution >= 4 is 41.2 Å². The maximum Gasteiger partial charge on any atom is 0.337 e. The molecule has 12 heteroatoms. The molecule has 0 spiro atoms. The topological polar surface area (TPSA) is 160 Å². The largest absolute Gasteiger partial charge is 0.465 e. The van der Waals surface area contributed by atoms with E-state index in [-0.39, 0.29) is 34.6 Å². The van der Waals surface area contributed by atoms with Crippen LogP contribution < -0.4 is 21.1 Å². The molecule has 1 saturated heterocycles. The molecule has 0 unspecified atom stereocenters. The number of esters is 2. The Morgan fingerprint density at radius 2 is 1.63 bits per heavy atom. The number of aromatic amines is 1. The van der Waals surface area contributed by atoms with Crippen LogP contribution in [0, 0.1) is 0 Å². The normalized spacial score (nSPS) is 17.1. The Hall–Kier alpha value is -4.22. The summed E-state index contributed by atoms with van der Waals surface area (Å²) in [5, 5.41) is 5.18. The minimum Gasteiger partial charge on any atom is -0.465 e. The fourth-order valence-electron chi connectivity index (χ4n) is 4.24. The van der Waals surface area contributed by atoms with Gasteiger partial charge in [-0.25, -0.2) is 9.59 Å². The number of carbonyl (C=O) groups is 4. The Bertz CT molecular complexity index is 1220. The van der Waals surface area contributed by atoms with Gasteiger partial charge in [-0.1, -0.05) is 0 Å². The van der Waals surface area contributed by atoms with Crippen molar-refractivity contribution in [3.05, 3.63) is 45.2 Å². The van der Waals surface area contributed by atoms with Crippen molar-refractivity contribution in [3.63, 3.8) is 0 Å². The van der Waals surface area contributed by atoms with Gasteiger partial charge in [-0.3, -0.25) is 19.4 Å². The van der Waals surface area contributed by atoms with Crippen LogP contribution in [-0.4, -0.2) is 61.0 Å². The number of benzene rings is 1. The second-order valence-corrected chi connectivity index (χ2v) is 8.28. The highest BCUT2D eigenvalue weighted by Gasteiger charge is 2.35. The number of amides is 2. The zero-order valence-electron chi connectivity index (χ0n) is 19.3. The number of carbonyl (C=O) groups excluding carboxylic acids is 4. The summed E-state index contributed by atoms with van der Waals surface area (Å²) in [6.07, 6.45) is 2.76. The van der Waals surface area contributed by atoms with Crippen molar-refractivity contribution in [2.24, 2.45) is 0 Å². The van der Waals surface area contributed by atoms with E-state index >= 15 is 0 Å². The quantitative estimate of drug-likeness (QED) is 0.534. The molecular formula is C23H25N5O7. The summed E-state index contributed by atoms with van der Waals surface area (Å²) in [5.41, 5.74) is -0.356. The van der Waals surface area contributed by atoms with Crippen LogP contribution in [0.4, 0.5) is 17.5 Å². The van der Waals surface area contributed by atoms with Crippen molar-refractivity contribution in [1.29, 1.82) is 0 Å². The molecule has 0 bridgehead atoms. The number of anilines is 3. The second kappa shape index (κ2) is 9.95. The standard InChI is InChI=1S/C23H25N5O7/c1-34-21(32)12-8-13(22(33)35-2)10-14(9-12)24-19(30)15-11-16(29)25-18-17(15)20(31)27-23(26-18)28-6-4-3-5-7-28/h8-10,15H,3-7,11H2,1-2H3,(H,24,30)(H2,25,26,27,29,31)/t15-/m1/s1. The van der Waals surface area contributed by atoms with E-state index in [0.29, 0.717) is 5.95 Å². The van der Waals surface area contributed by atoms with Gasteiger partial charge in [0.25, 0.3) is 5.56 Å². The number of nitrogens with one attached hydrogen (secondary N) is 3. The summed E-state index contributed by atoms with van der Waals surface area (Å²) in [5.74, 6) is -3.31. The molecule has 0 saturated carbocycles. The van der Waals surface area contributed by atoms with Crippen LogP contribution in [0.15, 0.2) is 23.0 Å². The second-order valence-electron chi connectivity index (χ2n) is 8.28. The van der Waals surface area contributed by atoms with Gasteiger partial charge in [0.05, 0.1) is 36.8 Å². The molecule has 35 heavy (non-hydrogen) atoms. The molecule has 1 atom stereocenters. The Balaban J connectivity index is 1.66. The number of H-pyrrole nitrogens is 1. The van der Waals surface area contributed by atoms with E-state index in [1.165, 1.54) is 32.4 Å². The van der Waals surface area contributed by atoms with Crippen molar-refractivity contribution in [2.45, 2.75) is 31.6 Å². The predicted molar refractivity (Wildman–Crippen MR) is 125 cm³/mol. The summed E-state index contributed by atoms with van der Waals surface area (Å²) in [6.45, 7) is 1.47. The smallest absolute Gasteiger partial charge is 0.337 e. The minimum atomic E-state index is -1.13. The lowest BCUT2D eigenvalue weighted by molar-refractivity contribution is -0.123. The predicted octanol–water partition coefficient (Wildman–Crippen LogP) is 1.40. The number of methoxy groups -OCH3 is 2. The molecule has 1 fully saturated rings. The first-order valence-corrected chi connectivity index (χ1v) is 11.1. The highest BCUT2D eigenvalue weighted by Crippen LogP contribution is 2.31. The lowest BCUT2D eigenvalue weighted by atomic mass is 9.92. The number of fused-ring (bicyclic) bond motifs is 1. The van der Waals surface area contributed by atoms with Gasteiger partial charge in [0.1, 0.15) is 5.82 Å². The van der Waals surface area contributed by atoms with E-state index in [0.717, 1.165) is 32.4 Å². The number of piperidine rings is 1. The van der Waals surface area contributed by atoms with Gasteiger partial charge in [-0.15, -0.1) is 0 Å². The summed E-state index contributed by atoms with van der Waals surface area (Å²) < 4.78 is 9.41. The fraction of sp³-hybridized carbons (Fsp3) is 0.391. The van der Waals surface area contributed by atoms with E-state index in [2.05, 4.69) is 20.6 Å². The maximum absolute atomic E-state index is 13.2. The molecular weight excluding hydrogens is 458 g/mol. The van der Waals surface area contributed by atoms with Crippen molar-refractivity contribution < 1.29 is 28.7 Å². The van der Waals surface area contributed by atoms with Crippen molar-refractivity contribution in [3.8, 4) is 0 Å². The number of aromatic nitrogens is 2. The lowest BCUT2D eigenvalue weighted by Gasteiger charge is -2.29. The number of rotatable bonds is 5. The zero-order valence-corrected chi connectivity index (χ0v) is 19.3. The highest BCUT2D eigenvalue weighted by atomic mass is 16.5. The summed E-state index contributed by atoms with van der Waals surface area (Å²) in [4.78, 5) is 71.7. The van der Waals surface area contributed by atoms with Crippen molar-refractivity contribution in [2.75, 3.05) is 42.8 Å². The Kier molecular flexibility index (Phi) is 6.80. The zero-order chi connectivity index (χ0) is 25.1. The van der Waals surface area contributed by atoms with Crippen LogP contribution >= 0.6 is 0 Å². The summed E-state index contributed by atoms with van der Waals surface area (Å²) >= 11 is 0. The minimum absolute atomic E-state index is 0.0122. The number of ether oxygens (including phenoxy) is 2. The molecule has 184 valence electrons. The molecule has 1 aromatic heterocycles. The van der Waals surface area contributed by atoms with Crippen LogP contribution in [0.1, 0.15) is 57.9 Å². The van der Waals surface area contributed by atoms with Crippen LogP contribution in [0.3, 0.4) is 0 Å². The number of nitrogens with zero attached hydrogens (tertiary/aromatic N) is 2. The monoisotopic (exact) mass is 483 g/mol. The van der Waals surface area contributed by atoms with Gasteiger partial charge in [-0.2, -0.15) is 4.98 Å². The SMILES string of the molecule is COC(=O)c1cc(NC(=O)[C@@H]2CC(=O)Nc3nc(N4CCCCC4)[nH]c(=O)c32)cc(C(=O)OC)c1. The molecule has 1 aromatic carbocycles. The van der Waals surface area contributed by atoms with Crippen LogP contribution in [0.25, 0.3) is 0 Å². The first-order valence-electron chi connectivity index (χ1n) is 11.1. The fourth-order valence-corrected chi connectivity index (χ4v) is 4.24. The molecule has 3 N–H and O–H groups in total. The third-order valence-electron chi connectivity index (χ3n) is 5.95. The van der Waals surface area contributed by atoms with Crippen LogP contribution in [0.5, 0.6) is 0 Å². The van der Waals surface area contributed by atoms with Crippen molar-refractivity contribution in [1.82, 2.24) is 9.97 Å². The van der Waals surface area contributed by atoms with E-state index in [9.17, 15) is 24.0 Å². The summed E-state index contributed by atoms with van der Waals surface area (Å²) in [7, 11) is 2.36. The Labute approximate surface area is 200 Å². The van der Waals surface area contributed by atoms with Crippen LogP contribution in [0.2, 0.25) is 0 Å². The Morgan fingerprint density at radius 3 is 2.23 bits per heavy atom. The van der Waals surface area contributed by atoms with Gasteiger partial charge in [-0.05, 0) is 37.5 Å². The molecule has 2 aliphatic heterocycles. The van der Waals surface area contributed by atoms with E-state index in [4.69, 9.17) is 9.47 Å². The average molecular weight is 483 g/mol. The molecule has 2 aromatic rings. The van der Waals surface area contributed by atoms with Gasteiger partial charge < -0.3 is 25.0 Å². The first kappa shape index (κ1) is 23.9.